The van der Waals surface area contributed by atoms with E-state index in [-0.39, 0.29) is 17.6 Å². The number of carbonyl (C=O) groups is 2. The van der Waals surface area contributed by atoms with Crippen molar-refractivity contribution >= 4 is 17.7 Å². The van der Waals surface area contributed by atoms with Gasteiger partial charge in [-0.1, -0.05) is 13.0 Å². The lowest BCUT2D eigenvalue weighted by molar-refractivity contribution is 0.0698. The van der Waals surface area contributed by atoms with Crippen molar-refractivity contribution in [3.05, 3.63) is 28.8 Å². The molecule has 2 amide bonds. The van der Waals surface area contributed by atoms with Crippen LogP contribution >= 0.6 is 0 Å². The number of nitrogens with one attached hydrogen (secondary N) is 1. The number of nitrogens with zero attached hydrogens (tertiary/aromatic N) is 1. The SMILES string of the molecule is CCC(C)N(C)C(=O)Nc1c(C)cc(C)cc1C(=O)O. The molecule has 110 valence electrons. The molecule has 0 radical (unpaired) electrons. The van der Waals surface area contributed by atoms with Crippen LogP contribution in [0.3, 0.4) is 0 Å². The Bertz CT molecular complexity index is 526. The zero-order valence-electron chi connectivity index (χ0n) is 12.7. The Labute approximate surface area is 119 Å². The van der Waals surface area contributed by atoms with Crippen LogP contribution in [0.15, 0.2) is 12.1 Å². The first-order valence-electron chi connectivity index (χ1n) is 6.66. The topological polar surface area (TPSA) is 69.6 Å². The number of aryl methyl sites for hydroxylation is 2. The maximum atomic E-state index is 12.1. The number of hydrogen-bond donors (Lipinski definition) is 2. The van der Waals surface area contributed by atoms with Crippen molar-refractivity contribution in [2.24, 2.45) is 0 Å². The molecule has 1 unspecified atom stereocenters. The minimum absolute atomic E-state index is 0.0917. The molecule has 0 heterocycles. The van der Waals surface area contributed by atoms with Gasteiger partial charge >= 0.3 is 12.0 Å². The number of carboxylic acid groups (broad SMARTS) is 1. The third-order valence-corrected chi connectivity index (χ3v) is 3.51. The highest BCUT2D eigenvalue weighted by Gasteiger charge is 2.19. The molecule has 0 aliphatic carbocycles. The van der Waals surface area contributed by atoms with E-state index in [4.69, 9.17) is 0 Å². The summed E-state index contributed by atoms with van der Waals surface area (Å²) in [6.45, 7) is 7.56. The maximum absolute atomic E-state index is 12.1. The molecule has 0 bridgehead atoms. The molecule has 0 aromatic heterocycles. The first-order chi connectivity index (χ1) is 9.27. The van der Waals surface area contributed by atoms with E-state index in [9.17, 15) is 14.7 Å². The summed E-state index contributed by atoms with van der Waals surface area (Å²) in [7, 11) is 1.70. The van der Waals surface area contributed by atoms with Crippen molar-refractivity contribution in [1.29, 1.82) is 0 Å². The summed E-state index contributed by atoms with van der Waals surface area (Å²) < 4.78 is 0. The Morgan fingerprint density at radius 3 is 2.45 bits per heavy atom. The van der Waals surface area contributed by atoms with Gasteiger partial charge in [-0.3, -0.25) is 0 Å². The van der Waals surface area contributed by atoms with Crippen LogP contribution in [0.25, 0.3) is 0 Å². The molecule has 0 spiro atoms. The van der Waals surface area contributed by atoms with E-state index in [1.165, 1.54) is 0 Å². The number of rotatable bonds is 4. The van der Waals surface area contributed by atoms with Gasteiger partial charge in [-0.25, -0.2) is 9.59 Å². The van der Waals surface area contributed by atoms with E-state index in [0.717, 1.165) is 17.5 Å². The summed E-state index contributed by atoms with van der Waals surface area (Å²) in [5.41, 5.74) is 2.08. The maximum Gasteiger partial charge on any atom is 0.337 e. The molecular formula is C15H22N2O3. The number of hydrogen-bond acceptors (Lipinski definition) is 2. The lowest BCUT2D eigenvalue weighted by atomic mass is 10.0. The van der Waals surface area contributed by atoms with Gasteiger partial charge < -0.3 is 15.3 Å². The predicted octanol–water partition coefficient (Wildman–Crippen LogP) is 3.26. The van der Waals surface area contributed by atoms with Gasteiger partial charge in [-0.2, -0.15) is 0 Å². The number of amides is 2. The van der Waals surface area contributed by atoms with Gasteiger partial charge in [0.2, 0.25) is 0 Å². The van der Waals surface area contributed by atoms with Gasteiger partial charge in [0.15, 0.2) is 0 Å². The molecule has 20 heavy (non-hydrogen) atoms. The molecule has 2 N–H and O–H groups in total. The quantitative estimate of drug-likeness (QED) is 0.888. The monoisotopic (exact) mass is 278 g/mol. The van der Waals surface area contributed by atoms with Crippen LogP contribution in [0.4, 0.5) is 10.5 Å². The number of anilines is 1. The standard InChI is InChI=1S/C15H22N2O3/c1-6-11(4)17(5)15(20)16-13-10(3)7-9(2)8-12(13)14(18)19/h7-8,11H,6H2,1-5H3,(H,16,20)(H,18,19). The normalized spacial score (nSPS) is 11.8. The average Bonchev–Trinajstić information content (AvgIpc) is 2.39. The fraction of sp³-hybridized carbons (Fsp3) is 0.467. The highest BCUT2D eigenvalue weighted by Crippen LogP contribution is 2.23. The van der Waals surface area contributed by atoms with Crippen molar-refractivity contribution in [3.63, 3.8) is 0 Å². The van der Waals surface area contributed by atoms with Crippen LogP contribution in [-0.4, -0.2) is 35.1 Å². The zero-order valence-corrected chi connectivity index (χ0v) is 12.7. The van der Waals surface area contributed by atoms with Crippen molar-refractivity contribution < 1.29 is 14.7 Å². The predicted molar refractivity (Wildman–Crippen MR) is 79.4 cm³/mol. The first kappa shape index (κ1) is 16.0. The Kier molecular flexibility index (Phi) is 5.13. The molecule has 1 aromatic rings. The van der Waals surface area contributed by atoms with Gasteiger partial charge in [-0.15, -0.1) is 0 Å². The zero-order chi connectivity index (χ0) is 15.4. The van der Waals surface area contributed by atoms with Crippen LogP contribution in [-0.2, 0) is 0 Å². The fourth-order valence-electron chi connectivity index (χ4n) is 1.97. The summed E-state index contributed by atoms with van der Waals surface area (Å²) in [5.74, 6) is -1.04. The third kappa shape index (κ3) is 3.50. The number of benzene rings is 1. The lowest BCUT2D eigenvalue weighted by Crippen LogP contribution is -2.38. The highest BCUT2D eigenvalue weighted by molar-refractivity contribution is 6.01. The third-order valence-electron chi connectivity index (χ3n) is 3.51. The molecule has 0 aliphatic rings. The molecule has 5 nitrogen and oxygen atoms in total. The van der Waals surface area contributed by atoms with Crippen molar-refractivity contribution in [2.45, 2.75) is 40.2 Å². The molecule has 0 fully saturated rings. The molecule has 0 aliphatic heterocycles. The van der Waals surface area contributed by atoms with E-state index in [2.05, 4.69) is 5.32 Å². The van der Waals surface area contributed by atoms with Gasteiger partial charge in [-0.05, 0) is 44.4 Å². The number of carbonyl (C=O) groups excluding carboxylic acids is 1. The summed E-state index contributed by atoms with van der Waals surface area (Å²) in [6, 6.07) is 3.21. The van der Waals surface area contributed by atoms with E-state index in [1.807, 2.05) is 26.8 Å². The number of aromatic carboxylic acids is 1. The summed E-state index contributed by atoms with van der Waals surface area (Å²) in [5, 5.41) is 12.0. The van der Waals surface area contributed by atoms with E-state index >= 15 is 0 Å². The van der Waals surface area contributed by atoms with Gasteiger partial charge in [0, 0.05) is 13.1 Å². The lowest BCUT2D eigenvalue weighted by Gasteiger charge is -2.25. The second-order valence-electron chi connectivity index (χ2n) is 5.11. The summed E-state index contributed by atoms with van der Waals surface area (Å²) in [6.07, 6.45) is 0.836. The van der Waals surface area contributed by atoms with Crippen LogP contribution in [0, 0.1) is 13.8 Å². The second-order valence-corrected chi connectivity index (χ2v) is 5.11. The molecule has 5 heteroatoms. The average molecular weight is 278 g/mol. The molecular weight excluding hydrogens is 256 g/mol. The minimum Gasteiger partial charge on any atom is -0.478 e. The number of carboxylic acids is 1. The van der Waals surface area contributed by atoms with E-state index in [1.54, 1.807) is 24.9 Å². The van der Waals surface area contributed by atoms with Crippen molar-refractivity contribution in [3.8, 4) is 0 Å². The van der Waals surface area contributed by atoms with Crippen LogP contribution < -0.4 is 5.32 Å². The van der Waals surface area contributed by atoms with Crippen LogP contribution in [0.5, 0.6) is 0 Å². The largest absolute Gasteiger partial charge is 0.478 e. The molecule has 0 saturated carbocycles. The van der Waals surface area contributed by atoms with Crippen LogP contribution in [0.2, 0.25) is 0 Å². The Hall–Kier alpha value is -2.04. The summed E-state index contributed by atoms with van der Waals surface area (Å²) >= 11 is 0. The highest BCUT2D eigenvalue weighted by atomic mass is 16.4. The van der Waals surface area contributed by atoms with E-state index < -0.39 is 5.97 Å². The van der Waals surface area contributed by atoms with Crippen LogP contribution in [0.1, 0.15) is 41.8 Å². The Morgan fingerprint density at radius 1 is 1.35 bits per heavy atom. The first-order valence-corrected chi connectivity index (χ1v) is 6.66. The summed E-state index contributed by atoms with van der Waals surface area (Å²) in [4.78, 5) is 25.0. The second kappa shape index (κ2) is 6.41. The smallest absolute Gasteiger partial charge is 0.337 e. The molecule has 0 saturated heterocycles. The Balaban J connectivity index is 3.09. The van der Waals surface area contributed by atoms with Gasteiger partial charge in [0.05, 0.1) is 11.3 Å². The molecule has 1 atom stereocenters. The van der Waals surface area contributed by atoms with Crippen molar-refractivity contribution in [2.75, 3.05) is 12.4 Å². The molecule has 1 rings (SSSR count). The molecule has 1 aromatic carbocycles. The van der Waals surface area contributed by atoms with Gasteiger partial charge in [0.25, 0.3) is 0 Å². The van der Waals surface area contributed by atoms with Crippen molar-refractivity contribution in [1.82, 2.24) is 4.90 Å². The minimum atomic E-state index is -1.04. The fourth-order valence-corrected chi connectivity index (χ4v) is 1.97. The van der Waals surface area contributed by atoms with E-state index in [0.29, 0.717) is 5.69 Å². The Morgan fingerprint density at radius 2 is 1.95 bits per heavy atom. The number of urea groups is 1. The van der Waals surface area contributed by atoms with Gasteiger partial charge in [0.1, 0.15) is 0 Å².